The van der Waals surface area contributed by atoms with Crippen LogP contribution in [-0.4, -0.2) is 4.92 Å². The molecule has 0 radical (unpaired) electrons. The lowest BCUT2D eigenvalue weighted by Gasteiger charge is -2.08. The van der Waals surface area contributed by atoms with E-state index in [1.807, 2.05) is 0 Å². The van der Waals surface area contributed by atoms with Crippen LogP contribution in [0.3, 0.4) is 0 Å². The highest BCUT2D eigenvalue weighted by atomic mass is 79.9. The Bertz CT molecular complexity index is 710. The lowest BCUT2D eigenvalue weighted by Crippen LogP contribution is -2.03. The van der Waals surface area contributed by atoms with Crippen LogP contribution in [0.5, 0.6) is 0 Å². The summed E-state index contributed by atoms with van der Waals surface area (Å²) in [7, 11) is 0. The van der Waals surface area contributed by atoms with Gasteiger partial charge in [-0.1, -0.05) is 6.07 Å². The summed E-state index contributed by atoms with van der Waals surface area (Å²) >= 11 is 3.04. The number of nitrogens with zero attached hydrogens (tertiary/aromatic N) is 1. The molecule has 0 saturated heterocycles. The molecule has 0 bridgehead atoms. The number of nitrogens with one attached hydrogen (secondary N) is 1. The van der Waals surface area contributed by atoms with E-state index in [9.17, 15) is 23.3 Å². The van der Waals surface area contributed by atoms with Crippen LogP contribution in [0, 0.1) is 27.6 Å². The molecule has 0 unspecified atom stereocenters. The van der Waals surface area contributed by atoms with Gasteiger partial charge in [0.15, 0.2) is 11.6 Å². The SMILES string of the molecule is O=[N+]([O-])c1cc(CNc2cc(F)c(F)cc2F)ccc1Br. The third kappa shape index (κ3) is 3.52. The minimum Gasteiger partial charge on any atom is -0.379 e. The third-order valence-corrected chi connectivity index (χ3v) is 3.37. The van der Waals surface area contributed by atoms with Crippen molar-refractivity contribution in [2.45, 2.75) is 6.54 Å². The van der Waals surface area contributed by atoms with E-state index < -0.39 is 22.4 Å². The number of halogens is 4. The van der Waals surface area contributed by atoms with Crippen LogP contribution in [0.1, 0.15) is 5.56 Å². The van der Waals surface area contributed by atoms with Crippen LogP contribution in [0.4, 0.5) is 24.5 Å². The Morgan fingerprint density at radius 2 is 1.76 bits per heavy atom. The molecule has 0 aromatic heterocycles. The molecule has 2 aromatic carbocycles. The summed E-state index contributed by atoms with van der Waals surface area (Å²) in [4.78, 5) is 10.2. The lowest BCUT2D eigenvalue weighted by atomic mass is 10.2. The first kappa shape index (κ1) is 15.3. The number of hydrogen-bond acceptors (Lipinski definition) is 3. The smallest absolute Gasteiger partial charge is 0.283 e. The van der Waals surface area contributed by atoms with Crippen LogP contribution in [0.2, 0.25) is 0 Å². The van der Waals surface area contributed by atoms with Crippen molar-refractivity contribution < 1.29 is 18.1 Å². The summed E-state index contributed by atoms with van der Waals surface area (Å²) in [6.07, 6.45) is 0. The summed E-state index contributed by atoms with van der Waals surface area (Å²) in [6.45, 7) is 0.0239. The van der Waals surface area contributed by atoms with Gasteiger partial charge in [0, 0.05) is 24.7 Å². The maximum atomic E-state index is 13.4. The quantitative estimate of drug-likeness (QED) is 0.499. The molecule has 0 aliphatic rings. The molecule has 0 aliphatic heterocycles. The Kier molecular flexibility index (Phi) is 4.46. The van der Waals surface area contributed by atoms with Crippen molar-refractivity contribution in [1.29, 1.82) is 0 Å². The fourth-order valence-electron chi connectivity index (χ4n) is 1.66. The Balaban J connectivity index is 2.19. The highest BCUT2D eigenvalue weighted by molar-refractivity contribution is 9.10. The van der Waals surface area contributed by atoms with Crippen molar-refractivity contribution in [2.24, 2.45) is 0 Å². The van der Waals surface area contributed by atoms with Crippen molar-refractivity contribution in [3.8, 4) is 0 Å². The van der Waals surface area contributed by atoms with Gasteiger partial charge in [0.2, 0.25) is 0 Å². The molecule has 0 saturated carbocycles. The average molecular weight is 361 g/mol. The van der Waals surface area contributed by atoms with E-state index in [4.69, 9.17) is 0 Å². The first-order valence-electron chi connectivity index (χ1n) is 5.69. The van der Waals surface area contributed by atoms with Crippen molar-refractivity contribution in [3.05, 3.63) is 67.9 Å². The normalized spacial score (nSPS) is 10.5. The first-order chi connectivity index (χ1) is 9.88. The Hall–Kier alpha value is -2.09. The highest BCUT2D eigenvalue weighted by Gasteiger charge is 2.13. The zero-order valence-electron chi connectivity index (χ0n) is 10.4. The summed E-state index contributed by atoms with van der Waals surface area (Å²) in [5.41, 5.74) is 0.133. The van der Waals surface area contributed by atoms with Gasteiger partial charge in [0.05, 0.1) is 15.1 Å². The van der Waals surface area contributed by atoms with Gasteiger partial charge in [-0.25, -0.2) is 13.2 Å². The van der Waals surface area contributed by atoms with Gasteiger partial charge in [-0.15, -0.1) is 0 Å². The fourth-order valence-corrected chi connectivity index (χ4v) is 2.05. The van der Waals surface area contributed by atoms with Crippen molar-refractivity contribution in [1.82, 2.24) is 0 Å². The van der Waals surface area contributed by atoms with Crippen LogP contribution in [0.25, 0.3) is 0 Å². The van der Waals surface area contributed by atoms with E-state index in [2.05, 4.69) is 21.2 Å². The second-order valence-electron chi connectivity index (χ2n) is 4.14. The lowest BCUT2D eigenvalue weighted by molar-refractivity contribution is -0.385. The van der Waals surface area contributed by atoms with Crippen molar-refractivity contribution >= 4 is 27.3 Å². The van der Waals surface area contributed by atoms with Crippen LogP contribution in [-0.2, 0) is 6.54 Å². The van der Waals surface area contributed by atoms with Gasteiger partial charge >= 0.3 is 0 Å². The molecule has 1 N–H and O–H groups in total. The Morgan fingerprint density at radius 1 is 1.10 bits per heavy atom. The monoisotopic (exact) mass is 360 g/mol. The molecule has 0 amide bonds. The number of benzene rings is 2. The standard InChI is InChI=1S/C13H8BrF3N2O2/c14-8-2-1-7(3-13(8)19(20)21)6-18-12-5-10(16)9(15)4-11(12)17/h1-5,18H,6H2. The van der Waals surface area contributed by atoms with Gasteiger partial charge in [-0.2, -0.15) is 0 Å². The van der Waals surface area contributed by atoms with Gasteiger partial charge in [0.25, 0.3) is 5.69 Å². The van der Waals surface area contributed by atoms with Crippen molar-refractivity contribution in [3.63, 3.8) is 0 Å². The summed E-state index contributed by atoms with van der Waals surface area (Å²) < 4.78 is 39.6. The van der Waals surface area contributed by atoms with E-state index in [1.54, 1.807) is 6.07 Å². The second kappa shape index (κ2) is 6.13. The molecular formula is C13H8BrF3N2O2. The van der Waals surface area contributed by atoms with Gasteiger partial charge in [-0.3, -0.25) is 10.1 Å². The van der Waals surface area contributed by atoms with E-state index >= 15 is 0 Å². The maximum absolute atomic E-state index is 13.4. The number of hydrogen-bond donors (Lipinski definition) is 1. The number of rotatable bonds is 4. The Labute approximate surface area is 125 Å². The van der Waals surface area contributed by atoms with Crippen LogP contribution in [0.15, 0.2) is 34.8 Å². The minimum absolute atomic E-state index is 0.0239. The molecule has 0 spiro atoms. The fraction of sp³-hybridized carbons (Fsp3) is 0.0769. The summed E-state index contributed by atoms with van der Waals surface area (Å²) in [5, 5.41) is 13.4. The number of anilines is 1. The molecule has 0 heterocycles. The molecular weight excluding hydrogens is 353 g/mol. The second-order valence-corrected chi connectivity index (χ2v) is 5.00. The van der Waals surface area contributed by atoms with E-state index in [0.29, 0.717) is 22.2 Å². The Morgan fingerprint density at radius 3 is 2.43 bits per heavy atom. The largest absolute Gasteiger partial charge is 0.379 e. The van der Waals surface area contributed by atoms with Gasteiger partial charge < -0.3 is 5.32 Å². The predicted octanol–water partition coefficient (Wildman–Crippen LogP) is 4.39. The molecule has 2 aromatic rings. The van der Waals surface area contributed by atoms with Gasteiger partial charge in [-0.05, 0) is 27.6 Å². The molecule has 0 atom stereocenters. The molecule has 4 nitrogen and oxygen atoms in total. The molecule has 21 heavy (non-hydrogen) atoms. The molecule has 8 heteroatoms. The number of nitro benzene ring substituents is 1. The molecule has 0 aliphatic carbocycles. The van der Waals surface area contributed by atoms with E-state index in [1.165, 1.54) is 12.1 Å². The van der Waals surface area contributed by atoms with E-state index in [-0.39, 0.29) is 17.9 Å². The third-order valence-electron chi connectivity index (χ3n) is 2.70. The molecule has 2 rings (SSSR count). The zero-order valence-corrected chi connectivity index (χ0v) is 12.0. The van der Waals surface area contributed by atoms with Crippen LogP contribution >= 0.6 is 15.9 Å². The zero-order chi connectivity index (χ0) is 15.6. The summed E-state index contributed by atoms with van der Waals surface area (Å²) in [5.74, 6) is -3.40. The molecule has 0 fully saturated rings. The van der Waals surface area contributed by atoms with Crippen molar-refractivity contribution in [2.75, 3.05) is 5.32 Å². The molecule has 110 valence electrons. The van der Waals surface area contributed by atoms with E-state index in [0.717, 1.165) is 0 Å². The first-order valence-corrected chi connectivity index (χ1v) is 6.49. The highest BCUT2D eigenvalue weighted by Crippen LogP contribution is 2.26. The number of nitro groups is 1. The minimum atomic E-state index is -1.28. The topological polar surface area (TPSA) is 55.2 Å². The average Bonchev–Trinajstić information content (AvgIpc) is 2.42. The van der Waals surface area contributed by atoms with Crippen LogP contribution < -0.4 is 5.32 Å². The summed E-state index contributed by atoms with van der Waals surface area (Å²) in [6, 6.07) is 5.49. The van der Waals surface area contributed by atoms with Gasteiger partial charge in [0.1, 0.15) is 5.82 Å². The maximum Gasteiger partial charge on any atom is 0.283 e. The predicted molar refractivity (Wildman–Crippen MR) is 74.4 cm³/mol.